The number of carbonyl (C=O) groups excluding carboxylic acids is 2. The van der Waals surface area contributed by atoms with Crippen molar-refractivity contribution in [2.45, 2.75) is 13.1 Å². The molecule has 2 rings (SSSR count). The van der Waals surface area contributed by atoms with Crippen LogP contribution in [0.25, 0.3) is 0 Å². The summed E-state index contributed by atoms with van der Waals surface area (Å²) in [5, 5.41) is 9.44. The Morgan fingerprint density at radius 3 is 2.50 bits per heavy atom. The molecule has 1 amide bonds. The van der Waals surface area contributed by atoms with Crippen LogP contribution < -0.4 is 5.32 Å². The first kappa shape index (κ1) is 17.5. The lowest BCUT2D eigenvalue weighted by molar-refractivity contribution is -0.141. The molecule has 0 aromatic carbocycles. The lowest BCUT2D eigenvalue weighted by atomic mass is 10.3. The molecule has 0 spiro atoms. The molecule has 0 saturated heterocycles. The third kappa shape index (κ3) is 3.39. The summed E-state index contributed by atoms with van der Waals surface area (Å²) in [5.74, 6) is -1.57. The quantitative estimate of drug-likeness (QED) is 0.850. The molecule has 1 N–H and O–H groups in total. The number of rotatable bonds is 4. The fraction of sp³-hybridized carbons (Fsp3) is 0.385. The van der Waals surface area contributed by atoms with E-state index in [0.717, 1.165) is 4.68 Å². The molecule has 0 radical (unpaired) electrons. The van der Waals surface area contributed by atoms with Crippen molar-refractivity contribution in [3.63, 3.8) is 0 Å². The summed E-state index contributed by atoms with van der Waals surface area (Å²) in [6.07, 6.45) is -3.48. The number of alkyl halides is 3. The van der Waals surface area contributed by atoms with Crippen molar-refractivity contribution in [1.29, 1.82) is 0 Å². The van der Waals surface area contributed by atoms with Crippen LogP contribution in [-0.4, -0.2) is 38.0 Å². The SMILES string of the molecule is CCOC(=O)c1cnn(C)c1NC(=O)c1cc(C(F)(F)F)nn1C. The second kappa shape index (κ2) is 6.34. The van der Waals surface area contributed by atoms with Crippen molar-refractivity contribution in [2.75, 3.05) is 11.9 Å². The highest BCUT2D eigenvalue weighted by molar-refractivity contribution is 6.06. The number of ether oxygens (including phenoxy) is 1. The van der Waals surface area contributed by atoms with Gasteiger partial charge >= 0.3 is 12.1 Å². The minimum Gasteiger partial charge on any atom is -0.462 e. The van der Waals surface area contributed by atoms with Crippen LogP contribution in [0, 0.1) is 0 Å². The average Bonchev–Trinajstić information content (AvgIpc) is 3.03. The van der Waals surface area contributed by atoms with E-state index >= 15 is 0 Å². The summed E-state index contributed by atoms with van der Waals surface area (Å²) in [5.41, 5.74) is -1.52. The number of aryl methyl sites for hydroxylation is 2. The molecule has 2 aromatic heterocycles. The summed E-state index contributed by atoms with van der Waals surface area (Å²) >= 11 is 0. The third-order valence-electron chi connectivity index (χ3n) is 3.07. The van der Waals surface area contributed by atoms with Gasteiger partial charge in [0.1, 0.15) is 17.1 Å². The van der Waals surface area contributed by atoms with Gasteiger partial charge in [0.15, 0.2) is 5.69 Å². The van der Waals surface area contributed by atoms with Gasteiger partial charge in [0.05, 0.1) is 12.8 Å². The Morgan fingerprint density at radius 1 is 1.29 bits per heavy atom. The summed E-state index contributed by atoms with van der Waals surface area (Å²) in [7, 11) is 2.67. The molecule has 0 unspecified atom stereocenters. The van der Waals surface area contributed by atoms with E-state index < -0.39 is 23.7 Å². The molecule has 8 nitrogen and oxygen atoms in total. The highest BCUT2D eigenvalue weighted by Gasteiger charge is 2.35. The van der Waals surface area contributed by atoms with Crippen molar-refractivity contribution in [2.24, 2.45) is 14.1 Å². The zero-order valence-electron chi connectivity index (χ0n) is 13.0. The third-order valence-corrected chi connectivity index (χ3v) is 3.07. The second-order valence-corrected chi connectivity index (χ2v) is 4.74. The van der Waals surface area contributed by atoms with Crippen molar-refractivity contribution in [1.82, 2.24) is 19.6 Å². The van der Waals surface area contributed by atoms with Gasteiger partial charge in [-0.2, -0.15) is 23.4 Å². The predicted octanol–water partition coefficient (Wildman–Crippen LogP) is 1.60. The maximum Gasteiger partial charge on any atom is 0.435 e. The minimum atomic E-state index is -4.67. The summed E-state index contributed by atoms with van der Waals surface area (Å²) in [6.45, 7) is 1.73. The topological polar surface area (TPSA) is 91.0 Å². The number of hydrogen-bond donors (Lipinski definition) is 1. The van der Waals surface area contributed by atoms with Crippen LogP contribution in [-0.2, 0) is 25.0 Å². The van der Waals surface area contributed by atoms with Crippen LogP contribution in [0.4, 0.5) is 19.0 Å². The summed E-state index contributed by atoms with van der Waals surface area (Å²) in [6, 6.07) is 0.621. The van der Waals surface area contributed by atoms with E-state index in [4.69, 9.17) is 4.74 Å². The van der Waals surface area contributed by atoms with Gasteiger partial charge in [0, 0.05) is 20.2 Å². The van der Waals surface area contributed by atoms with E-state index in [0.29, 0.717) is 6.07 Å². The number of aromatic nitrogens is 4. The molecule has 0 aliphatic rings. The first-order valence-corrected chi connectivity index (χ1v) is 6.76. The van der Waals surface area contributed by atoms with Crippen molar-refractivity contribution in [3.05, 3.63) is 29.2 Å². The lowest BCUT2D eigenvalue weighted by Gasteiger charge is -2.08. The predicted molar refractivity (Wildman–Crippen MR) is 75.3 cm³/mol. The van der Waals surface area contributed by atoms with E-state index in [9.17, 15) is 22.8 Å². The maximum absolute atomic E-state index is 12.7. The highest BCUT2D eigenvalue weighted by atomic mass is 19.4. The molecule has 130 valence electrons. The molecule has 0 bridgehead atoms. The molecule has 11 heteroatoms. The van der Waals surface area contributed by atoms with Gasteiger partial charge in [0.25, 0.3) is 5.91 Å². The van der Waals surface area contributed by atoms with Gasteiger partial charge in [-0.1, -0.05) is 0 Å². The Morgan fingerprint density at radius 2 is 1.96 bits per heavy atom. The minimum absolute atomic E-state index is 0.00760. The first-order chi connectivity index (χ1) is 11.1. The van der Waals surface area contributed by atoms with Crippen LogP contribution in [0.15, 0.2) is 12.3 Å². The zero-order chi connectivity index (χ0) is 18.1. The largest absolute Gasteiger partial charge is 0.462 e. The van der Waals surface area contributed by atoms with Gasteiger partial charge in [-0.05, 0) is 6.92 Å². The molecule has 2 heterocycles. The number of carbonyl (C=O) groups is 2. The molecule has 0 aliphatic heterocycles. The van der Waals surface area contributed by atoms with Crippen LogP contribution in [0.3, 0.4) is 0 Å². The van der Waals surface area contributed by atoms with Crippen LogP contribution in [0.5, 0.6) is 0 Å². The van der Waals surface area contributed by atoms with Crippen molar-refractivity contribution < 1.29 is 27.5 Å². The number of hydrogen-bond acceptors (Lipinski definition) is 5. The monoisotopic (exact) mass is 345 g/mol. The van der Waals surface area contributed by atoms with Crippen LogP contribution in [0.2, 0.25) is 0 Å². The molecule has 0 fully saturated rings. The number of nitrogens with one attached hydrogen (secondary N) is 1. The molecule has 0 aliphatic carbocycles. The van der Waals surface area contributed by atoms with E-state index in [2.05, 4.69) is 15.5 Å². The normalized spacial score (nSPS) is 11.4. The van der Waals surface area contributed by atoms with E-state index in [1.165, 1.54) is 25.0 Å². The smallest absolute Gasteiger partial charge is 0.435 e. The number of esters is 1. The van der Waals surface area contributed by atoms with Gasteiger partial charge in [-0.3, -0.25) is 14.2 Å². The zero-order valence-corrected chi connectivity index (χ0v) is 13.0. The van der Waals surface area contributed by atoms with Crippen molar-refractivity contribution >= 4 is 17.7 Å². The fourth-order valence-electron chi connectivity index (χ4n) is 1.93. The van der Waals surface area contributed by atoms with E-state index in [1.807, 2.05) is 0 Å². The van der Waals surface area contributed by atoms with Gasteiger partial charge < -0.3 is 10.1 Å². The standard InChI is InChI=1S/C13H14F3N5O3/c1-4-24-12(23)7-6-17-21(3)10(7)18-11(22)8-5-9(13(14,15)16)19-20(8)2/h5-6H,4H2,1-3H3,(H,18,22). The Hall–Kier alpha value is -2.85. The Kier molecular flexibility index (Phi) is 4.62. The van der Waals surface area contributed by atoms with Crippen molar-refractivity contribution in [3.8, 4) is 0 Å². The lowest BCUT2D eigenvalue weighted by Crippen LogP contribution is -2.20. The number of amides is 1. The fourth-order valence-corrected chi connectivity index (χ4v) is 1.93. The Balaban J connectivity index is 2.30. The Bertz CT molecular complexity index is 778. The van der Waals surface area contributed by atoms with E-state index in [1.54, 1.807) is 6.92 Å². The number of halogens is 3. The van der Waals surface area contributed by atoms with Crippen LogP contribution in [0.1, 0.15) is 33.5 Å². The molecule has 0 saturated carbocycles. The summed E-state index contributed by atoms with van der Waals surface area (Å²) < 4.78 is 44.8. The molecular formula is C13H14F3N5O3. The molecule has 24 heavy (non-hydrogen) atoms. The van der Waals surface area contributed by atoms with Gasteiger partial charge in [-0.15, -0.1) is 0 Å². The maximum atomic E-state index is 12.7. The summed E-state index contributed by atoms with van der Waals surface area (Å²) in [4.78, 5) is 24.0. The molecule has 0 atom stereocenters. The number of anilines is 1. The number of nitrogens with zero attached hydrogens (tertiary/aromatic N) is 4. The average molecular weight is 345 g/mol. The first-order valence-electron chi connectivity index (χ1n) is 6.76. The van der Waals surface area contributed by atoms with Gasteiger partial charge in [-0.25, -0.2) is 4.79 Å². The van der Waals surface area contributed by atoms with E-state index in [-0.39, 0.29) is 23.7 Å². The van der Waals surface area contributed by atoms with Gasteiger partial charge in [0.2, 0.25) is 0 Å². The molecule has 2 aromatic rings. The highest BCUT2D eigenvalue weighted by Crippen LogP contribution is 2.28. The van der Waals surface area contributed by atoms with Crippen LogP contribution >= 0.6 is 0 Å². The molecular weight excluding hydrogens is 331 g/mol. The Labute approximate surface area is 134 Å². The second-order valence-electron chi connectivity index (χ2n) is 4.74.